The summed E-state index contributed by atoms with van der Waals surface area (Å²) in [5.74, 6) is 1.02. The van der Waals surface area contributed by atoms with E-state index < -0.39 is 0 Å². The van der Waals surface area contributed by atoms with Gasteiger partial charge in [0.2, 0.25) is 0 Å². The minimum atomic E-state index is 0. The number of halogens is 1. The summed E-state index contributed by atoms with van der Waals surface area (Å²) in [4.78, 5) is 6.98. The fourth-order valence-electron chi connectivity index (χ4n) is 4.45. The topological polar surface area (TPSA) is 45.5 Å². The predicted octanol–water partition coefficient (Wildman–Crippen LogP) is 4.06. The second kappa shape index (κ2) is 8.20. The normalized spacial score (nSPS) is 18.3. The number of hydrogen-bond acceptors (Lipinski definition) is 2. The van der Waals surface area contributed by atoms with Crippen molar-refractivity contribution in [2.24, 2.45) is 10.4 Å². The second-order valence-corrected chi connectivity index (χ2v) is 7.89. The highest BCUT2D eigenvalue weighted by molar-refractivity contribution is 14.0. The van der Waals surface area contributed by atoms with Crippen LogP contribution in [0.4, 0.5) is 0 Å². The summed E-state index contributed by atoms with van der Waals surface area (Å²) < 4.78 is 2.04. The Morgan fingerprint density at radius 2 is 2.00 bits per heavy atom. The van der Waals surface area contributed by atoms with Crippen molar-refractivity contribution in [2.75, 3.05) is 20.1 Å². The molecule has 2 aromatic rings. The van der Waals surface area contributed by atoms with E-state index in [1.165, 1.54) is 31.2 Å². The quantitative estimate of drug-likeness (QED) is 0.411. The number of hydrogen-bond donors (Lipinski definition) is 1. The van der Waals surface area contributed by atoms with Crippen LogP contribution in [0.5, 0.6) is 0 Å². The van der Waals surface area contributed by atoms with Gasteiger partial charge in [-0.15, -0.1) is 24.0 Å². The monoisotopic (exact) mass is 479 g/mol. The van der Waals surface area contributed by atoms with E-state index in [4.69, 9.17) is 0 Å². The molecule has 1 N–H and O–H groups in total. The van der Waals surface area contributed by atoms with Crippen molar-refractivity contribution >= 4 is 29.9 Å². The third-order valence-electron chi connectivity index (χ3n) is 6.03. The SMILES string of the molecule is CN=C(NCc1ccccc1-n1nc(C)cc1C)N1CCC2(CCC2)C1.I. The van der Waals surface area contributed by atoms with E-state index >= 15 is 0 Å². The number of guanidine groups is 1. The van der Waals surface area contributed by atoms with E-state index in [2.05, 4.69) is 57.6 Å². The van der Waals surface area contributed by atoms with Crippen molar-refractivity contribution in [3.8, 4) is 5.69 Å². The molecule has 2 aliphatic rings. The molecule has 1 spiro atoms. The fraction of sp³-hybridized carbons (Fsp3) is 0.524. The first-order valence-electron chi connectivity index (χ1n) is 9.67. The largest absolute Gasteiger partial charge is 0.352 e. The highest BCUT2D eigenvalue weighted by atomic mass is 127. The van der Waals surface area contributed by atoms with Crippen LogP contribution in [-0.4, -0.2) is 40.8 Å². The average molecular weight is 479 g/mol. The van der Waals surface area contributed by atoms with Crippen LogP contribution < -0.4 is 5.32 Å². The number of benzene rings is 1. The molecule has 1 saturated heterocycles. The van der Waals surface area contributed by atoms with E-state index in [0.29, 0.717) is 5.41 Å². The number of aryl methyl sites for hydroxylation is 2. The Bertz CT molecular complexity index is 822. The molecular weight excluding hydrogens is 449 g/mol. The summed E-state index contributed by atoms with van der Waals surface area (Å²) in [5.41, 5.74) is 5.16. The second-order valence-electron chi connectivity index (χ2n) is 7.89. The van der Waals surface area contributed by atoms with Crippen molar-refractivity contribution in [3.63, 3.8) is 0 Å². The van der Waals surface area contributed by atoms with Gasteiger partial charge in [-0.25, -0.2) is 4.68 Å². The summed E-state index contributed by atoms with van der Waals surface area (Å²) >= 11 is 0. The number of rotatable bonds is 3. The van der Waals surface area contributed by atoms with Gasteiger partial charge in [0.15, 0.2) is 5.96 Å². The molecule has 146 valence electrons. The van der Waals surface area contributed by atoms with Gasteiger partial charge in [-0.05, 0) is 56.2 Å². The molecule has 0 bridgehead atoms. The third kappa shape index (κ3) is 4.00. The zero-order chi connectivity index (χ0) is 18.1. The molecule has 5 nitrogen and oxygen atoms in total. The Labute approximate surface area is 179 Å². The number of nitrogens with one attached hydrogen (secondary N) is 1. The number of aliphatic imine (C=N–C) groups is 1. The highest BCUT2D eigenvalue weighted by Gasteiger charge is 2.43. The molecule has 1 aliphatic carbocycles. The Hall–Kier alpha value is -1.57. The van der Waals surface area contributed by atoms with Crippen molar-refractivity contribution < 1.29 is 0 Å². The van der Waals surface area contributed by atoms with E-state index in [1.54, 1.807) is 0 Å². The number of aromatic nitrogens is 2. The Kier molecular flexibility index (Phi) is 6.13. The maximum atomic E-state index is 4.65. The van der Waals surface area contributed by atoms with Gasteiger partial charge in [0.1, 0.15) is 0 Å². The minimum absolute atomic E-state index is 0. The molecule has 0 atom stereocenters. The highest BCUT2D eigenvalue weighted by Crippen LogP contribution is 2.47. The summed E-state index contributed by atoms with van der Waals surface area (Å²) in [7, 11) is 1.89. The molecule has 2 heterocycles. The average Bonchev–Trinajstić information content (AvgIpc) is 3.20. The molecule has 27 heavy (non-hydrogen) atoms. The molecule has 1 saturated carbocycles. The van der Waals surface area contributed by atoms with E-state index in [-0.39, 0.29) is 24.0 Å². The maximum absolute atomic E-state index is 4.65. The Morgan fingerprint density at radius 1 is 1.22 bits per heavy atom. The lowest BCUT2D eigenvalue weighted by atomic mass is 9.68. The van der Waals surface area contributed by atoms with Crippen LogP contribution in [0.1, 0.15) is 42.6 Å². The van der Waals surface area contributed by atoms with Gasteiger partial charge in [-0.3, -0.25) is 4.99 Å². The lowest BCUT2D eigenvalue weighted by molar-refractivity contribution is 0.151. The van der Waals surface area contributed by atoms with Crippen LogP contribution in [0.25, 0.3) is 5.69 Å². The lowest BCUT2D eigenvalue weighted by Gasteiger charge is -2.38. The summed E-state index contributed by atoms with van der Waals surface area (Å²) in [5, 5.41) is 8.24. The van der Waals surface area contributed by atoms with Crippen LogP contribution in [-0.2, 0) is 6.54 Å². The smallest absolute Gasteiger partial charge is 0.193 e. The van der Waals surface area contributed by atoms with Crippen LogP contribution >= 0.6 is 24.0 Å². The summed E-state index contributed by atoms with van der Waals surface area (Å²) in [6.07, 6.45) is 5.49. The van der Waals surface area contributed by atoms with Crippen molar-refractivity contribution in [1.82, 2.24) is 20.0 Å². The zero-order valence-electron chi connectivity index (χ0n) is 16.5. The summed E-state index contributed by atoms with van der Waals surface area (Å²) in [6.45, 7) is 7.18. The van der Waals surface area contributed by atoms with E-state index in [1.807, 2.05) is 18.7 Å². The predicted molar refractivity (Wildman–Crippen MR) is 121 cm³/mol. The van der Waals surface area contributed by atoms with Crippen LogP contribution in [0, 0.1) is 19.3 Å². The van der Waals surface area contributed by atoms with Crippen LogP contribution in [0.2, 0.25) is 0 Å². The standard InChI is InChI=1S/C21H29N5.HI/c1-16-13-17(2)26(24-16)19-8-5-4-7-18(19)14-23-20(22-3)25-12-11-21(15-25)9-6-10-21;/h4-5,7-8,13H,6,9-12,14-15H2,1-3H3,(H,22,23);1H. The van der Waals surface area contributed by atoms with Gasteiger partial charge in [0.25, 0.3) is 0 Å². The molecule has 0 amide bonds. The molecule has 1 aromatic heterocycles. The van der Waals surface area contributed by atoms with Gasteiger partial charge in [0, 0.05) is 32.4 Å². The number of likely N-dealkylation sites (tertiary alicyclic amines) is 1. The van der Waals surface area contributed by atoms with E-state index in [9.17, 15) is 0 Å². The molecule has 4 rings (SSSR count). The first-order valence-corrected chi connectivity index (χ1v) is 9.67. The number of para-hydroxylation sites is 1. The Morgan fingerprint density at radius 3 is 2.59 bits per heavy atom. The van der Waals surface area contributed by atoms with Crippen LogP contribution in [0.3, 0.4) is 0 Å². The maximum Gasteiger partial charge on any atom is 0.193 e. The van der Waals surface area contributed by atoms with Gasteiger partial charge in [0.05, 0.1) is 11.4 Å². The third-order valence-corrected chi connectivity index (χ3v) is 6.03. The zero-order valence-corrected chi connectivity index (χ0v) is 18.9. The van der Waals surface area contributed by atoms with E-state index in [0.717, 1.165) is 42.7 Å². The molecule has 6 heteroatoms. The fourth-order valence-corrected chi connectivity index (χ4v) is 4.45. The molecular formula is C21H30IN5. The molecule has 0 radical (unpaired) electrons. The minimum Gasteiger partial charge on any atom is -0.352 e. The van der Waals surface area contributed by atoms with Gasteiger partial charge in [-0.1, -0.05) is 24.6 Å². The first-order chi connectivity index (χ1) is 12.6. The first kappa shape index (κ1) is 20.2. The van der Waals surface area contributed by atoms with Gasteiger partial charge in [-0.2, -0.15) is 5.10 Å². The van der Waals surface area contributed by atoms with Crippen molar-refractivity contribution in [2.45, 2.75) is 46.1 Å². The molecule has 1 aromatic carbocycles. The Balaban J connectivity index is 0.00000210. The molecule has 2 fully saturated rings. The molecule has 1 aliphatic heterocycles. The van der Waals surface area contributed by atoms with Crippen molar-refractivity contribution in [1.29, 1.82) is 0 Å². The van der Waals surface area contributed by atoms with Crippen LogP contribution in [0.15, 0.2) is 35.3 Å². The summed E-state index contributed by atoms with van der Waals surface area (Å²) in [6, 6.07) is 10.6. The molecule has 0 unspecified atom stereocenters. The van der Waals surface area contributed by atoms with Gasteiger partial charge >= 0.3 is 0 Å². The number of nitrogens with zero attached hydrogens (tertiary/aromatic N) is 4. The van der Waals surface area contributed by atoms with Gasteiger partial charge < -0.3 is 10.2 Å². The lowest BCUT2D eigenvalue weighted by Crippen LogP contribution is -2.42. The van der Waals surface area contributed by atoms with Crippen molar-refractivity contribution in [3.05, 3.63) is 47.3 Å².